The van der Waals surface area contributed by atoms with Gasteiger partial charge in [0.25, 0.3) is 5.91 Å². The first-order valence-corrected chi connectivity index (χ1v) is 14.9. The molecule has 5 nitrogen and oxygen atoms in total. The third kappa shape index (κ3) is 8.37. The molecule has 1 amide bonds. The van der Waals surface area contributed by atoms with Crippen molar-refractivity contribution in [2.75, 3.05) is 45.8 Å². The molecule has 3 atom stereocenters. The molecule has 0 aliphatic carbocycles. The highest BCUT2D eigenvalue weighted by atomic mass is 19.4. The number of fused-ring (bicyclic) bond motifs is 1. The Kier molecular flexibility index (Phi) is 9.77. The summed E-state index contributed by atoms with van der Waals surface area (Å²) in [5, 5.41) is 2.02. The predicted molar refractivity (Wildman–Crippen MR) is 160 cm³/mol. The van der Waals surface area contributed by atoms with E-state index in [0.717, 1.165) is 29.4 Å². The largest absolute Gasteiger partial charge is 0.416 e. The molecule has 240 valence electrons. The van der Waals surface area contributed by atoms with E-state index in [-0.39, 0.29) is 24.8 Å². The zero-order valence-corrected chi connectivity index (χ0v) is 25.1. The Morgan fingerprint density at radius 2 is 1.38 bits per heavy atom. The van der Waals surface area contributed by atoms with Crippen molar-refractivity contribution in [3.63, 3.8) is 0 Å². The number of carbonyl (C=O) groups is 1. The first kappa shape index (κ1) is 32.8. The summed E-state index contributed by atoms with van der Waals surface area (Å²) in [6, 6.07) is 14.2. The Labute approximate surface area is 258 Å². The van der Waals surface area contributed by atoms with Gasteiger partial charge in [0.1, 0.15) is 0 Å². The van der Waals surface area contributed by atoms with Gasteiger partial charge in [-0.1, -0.05) is 54.3 Å². The van der Waals surface area contributed by atoms with E-state index in [0.29, 0.717) is 44.7 Å². The molecule has 0 N–H and O–H groups in total. The number of morpholine rings is 1. The van der Waals surface area contributed by atoms with Crippen molar-refractivity contribution in [2.45, 2.75) is 50.9 Å². The van der Waals surface area contributed by atoms with Crippen molar-refractivity contribution < 1.29 is 35.9 Å². The number of halogens is 6. The van der Waals surface area contributed by atoms with Crippen molar-refractivity contribution in [3.8, 4) is 11.8 Å². The normalized spacial score (nSPS) is 21.9. The van der Waals surface area contributed by atoms with E-state index >= 15 is 0 Å². The molecule has 3 aromatic carbocycles. The maximum absolute atomic E-state index is 13.7. The minimum Gasteiger partial charge on any atom is -0.373 e. The first-order valence-electron chi connectivity index (χ1n) is 14.9. The molecule has 0 bridgehead atoms. The van der Waals surface area contributed by atoms with E-state index in [1.54, 1.807) is 0 Å². The van der Waals surface area contributed by atoms with Crippen molar-refractivity contribution >= 4 is 16.7 Å². The van der Waals surface area contributed by atoms with E-state index in [1.165, 1.54) is 4.90 Å². The molecule has 0 unspecified atom stereocenters. The van der Waals surface area contributed by atoms with E-state index < -0.39 is 41.0 Å². The Bertz CT molecular complexity index is 1540. The molecule has 2 saturated heterocycles. The number of ether oxygens (including phenoxy) is 1. The zero-order valence-electron chi connectivity index (χ0n) is 25.1. The lowest BCUT2D eigenvalue weighted by Crippen LogP contribution is -2.56. The maximum Gasteiger partial charge on any atom is 0.416 e. The van der Waals surface area contributed by atoms with Crippen molar-refractivity contribution in [1.29, 1.82) is 0 Å². The Morgan fingerprint density at radius 1 is 0.778 bits per heavy atom. The predicted octanol–water partition coefficient (Wildman–Crippen LogP) is 6.36. The number of piperazine rings is 1. The van der Waals surface area contributed by atoms with Crippen molar-refractivity contribution in [1.82, 2.24) is 14.7 Å². The van der Waals surface area contributed by atoms with Crippen LogP contribution in [-0.4, -0.2) is 84.7 Å². The van der Waals surface area contributed by atoms with Crippen LogP contribution in [0.1, 0.15) is 40.9 Å². The van der Waals surface area contributed by atoms with Crippen LogP contribution in [0.3, 0.4) is 0 Å². The number of alkyl halides is 6. The second kappa shape index (κ2) is 13.4. The van der Waals surface area contributed by atoms with Gasteiger partial charge in [-0.05, 0) is 54.8 Å². The Morgan fingerprint density at radius 3 is 2.00 bits per heavy atom. The smallest absolute Gasteiger partial charge is 0.373 e. The van der Waals surface area contributed by atoms with E-state index in [2.05, 4.69) is 21.6 Å². The third-order valence-corrected chi connectivity index (χ3v) is 8.17. The van der Waals surface area contributed by atoms with Crippen LogP contribution in [0.2, 0.25) is 0 Å². The molecule has 0 spiro atoms. The summed E-state index contributed by atoms with van der Waals surface area (Å²) in [4.78, 5) is 19.4. The van der Waals surface area contributed by atoms with Crippen LogP contribution in [0, 0.1) is 11.8 Å². The molecular formula is C34H35F6N3O2. The molecule has 0 aromatic heterocycles. The monoisotopic (exact) mass is 631 g/mol. The number of benzene rings is 3. The molecule has 2 aliphatic rings. The molecule has 11 heteroatoms. The first-order chi connectivity index (χ1) is 21.3. The average molecular weight is 632 g/mol. The van der Waals surface area contributed by atoms with Crippen LogP contribution in [-0.2, 0) is 23.5 Å². The lowest BCUT2D eigenvalue weighted by molar-refractivity contribution is -0.143. The molecule has 2 heterocycles. The number of carbonyl (C=O) groups excluding carboxylic acids is 1. The standard InChI is InChI=1S/C34H35F6N3O2/c1-23-20-42(21-24(2)45-23)12-6-5-11-41-13-14-43(31(22-41)16-25-9-10-26-7-3-4-8-27(26)15-25)32(44)28-17-29(33(35,36)37)19-30(18-28)34(38,39)40/h3-4,7-10,15,17-19,23-24,31H,11-14,16,20-22H2,1-2H3/t23-,24+,31-/m1/s1. The van der Waals surface area contributed by atoms with E-state index in [9.17, 15) is 31.1 Å². The Hall–Kier alpha value is -3.59. The third-order valence-electron chi connectivity index (χ3n) is 8.17. The lowest BCUT2D eigenvalue weighted by atomic mass is 9.97. The fourth-order valence-electron chi connectivity index (χ4n) is 6.14. The van der Waals surface area contributed by atoms with Crippen LogP contribution in [0.4, 0.5) is 26.3 Å². The van der Waals surface area contributed by atoms with E-state index in [1.807, 2.05) is 56.3 Å². The van der Waals surface area contributed by atoms with Gasteiger partial charge in [-0.25, -0.2) is 0 Å². The summed E-state index contributed by atoms with van der Waals surface area (Å²) in [5.41, 5.74) is -2.75. The highest BCUT2D eigenvalue weighted by molar-refractivity contribution is 5.95. The van der Waals surface area contributed by atoms with Crippen molar-refractivity contribution in [3.05, 3.63) is 82.9 Å². The number of nitrogens with zero attached hydrogens (tertiary/aromatic N) is 3. The van der Waals surface area contributed by atoms with Gasteiger partial charge in [-0.3, -0.25) is 14.6 Å². The highest BCUT2D eigenvalue weighted by Crippen LogP contribution is 2.37. The fourth-order valence-corrected chi connectivity index (χ4v) is 6.14. The van der Waals surface area contributed by atoms with Gasteiger partial charge in [0.2, 0.25) is 0 Å². The molecule has 2 fully saturated rings. The molecule has 45 heavy (non-hydrogen) atoms. The van der Waals surface area contributed by atoms with E-state index in [4.69, 9.17) is 4.74 Å². The van der Waals surface area contributed by atoms with Gasteiger partial charge in [0.15, 0.2) is 0 Å². The minimum atomic E-state index is -5.05. The zero-order chi connectivity index (χ0) is 32.4. The number of hydrogen-bond acceptors (Lipinski definition) is 4. The second-order valence-corrected chi connectivity index (χ2v) is 11.9. The number of amides is 1. The van der Waals surface area contributed by atoms with Crippen LogP contribution in [0.15, 0.2) is 60.7 Å². The summed E-state index contributed by atoms with van der Waals surface area (Å²) in [7, 11) is 0. The molecule has 3 aromatic rings. The number of rotatable bonds is 5. The summed E-state index contributed by atoms with van der Waals surface area (Å²) >= 11 is 0. The second-order valence-electron chi connectivity index (χ2n) is 11.9. The quantitative estimate of drug-likeness (QED) is 0.243. The van der Waals surface area contributed by atoms with Gasteiger partial charge in [0, 0.05) is 44.3 Å². The van der Waals surface area contributed by atoms with Gasteiger partial charge < -0.3 is 9.64 Å². The van der Waals surface area contributed by atoms with Gasteiger partial charge in [-0.2, -0.15) is 26.3 Å². The van der Waals surface area contributed by atoms with Gasteiger partial charge >= 0.3 is 12.4 Å². The fraction of sp³-hybridized carbons (Fsp3) is 0.441. The topological polar surface area (TPSA) is 36.0 Å². The summed E-state index contributed by atoms with van der Waals surface area (Å²) in [6.07, 6.45) is -9.47. The average Bonchev–Trinajstić information content (AvgIpc) is 2.97. The molecule has 5 rings (SSSR count). The van der Waals surface area contributed by atoms with Gasteiger partial charge in [-0.15, -0.1) is 0 Å². The van der Waals surface area contributed by atoms with Crippen molar-refractivity contribution in [2.24, 2.45) is 0 Å². The maximum atomic E-state index is 13.7. The lowest BCUT2D eigenvalue weighted by Gasteiger charge is -2.41. The summed E-state index contributed by atoms with van der Waals surface area (Å²) in [5.74, 6) is 5.56. The van der Waals surface area contributed by atoms with Gasteiger partial charge in [0.05, 0.1) is 36.4 Å². The van der Waals surface area contributed by atoms with Crippen LogP contribution in [0.5, 0.6) is 0 Å². The van der Waals surface area contributed by atoms with Crippen LogP contribution < -0.4 is 0 Å². The number of hydrogen-bond donors (Lipinski definition) is 0. The molecule has 2 aliphatic heterocycles. The molecule has 0 radical (unpaired) electrons. The summed E-state index contributed by atoms with van der Waals surface area (Å²) < 4.78 is 87.2. The highest BCUT2D eigenvalue weighted by Gasteiger charge is 2.39. The SMILES string of the molecule is C[C@@H]1CN(CC#CCN2CCN(C(=O)c3cc(C(F)(F)F)cc(C(F)(F)F)c3)[C@H](Cc3ccc4ccccc4c3)C2)C[C@H](C)O1. The molecular weight excluding hydrogens is 596 g/mol. The van der Waals surface area contributed by atoms with Crippen LogP contribution >= 0.6 is 0 Å². The Balaban J connectivity index is 1.38. The summed E-state index contributed by atoms with van der Waals surface area (Å²) in [6.45, 7) is 7.52. The molecule has 0 saturated carbocycles. The minimum absolute atomic E-state index is 0.0399. The van der Waals surface area contributed by atoms with Crippen LogP contribution in [0.25, 0.3) is 10.8 Å².